The highest BCUT2D eigenvalue weighted by Gasteiger charge is 2.27. The fourth-order valence-corrected chi connectivity index (χ4v) is 2.57. The first-order valence-corrected chi connectivity index (χ1v) is 6.88. The average molecular weight is 237 g/mol. The van der Waals surface area contributed by atoms with Crippen LogP contribution in [0.4, 0.5) is 5.69 Å². The van der Waals surface area contributed by atoms with Crippen molar-refractivity contribution in [1.82, 2.24) is 0 Å². The summed E-state index contributed by atoms with van der Waals surface area (Å²) in [4.78, 5) is 16.0. The van der Waals surface area contributed by atoms with Gasteiger partial charge in [-0.05, 0) is 12.1 Å². The molecular weight excluding hydrogens is 226 g/mol. The Labute approximate surface area is 93.9 Å². The Morgan fingerprint density at radius 1 is 1.31 bits per heavy atom. The molecule has 0 fully saturated rings. The van der Waals surface area contributed by atoms with Crippen LogP contribution in [-0.2, 0) is 9.84 Å². The third-order valence-electron chi connectivity index (χ3n) is 2.38. The van der Waals surface area contributed by atoms with Crippen molar-refractivity contribution in [2.75, 3.05) is 12.0 Å². The van der Waals surface area contributed by atoms with Gasteiger partial charge >= 0.3 is 0 Å². The summed E-state index contributed by atoms with van der Waals surface area (Å²) in [5.74, 6) is -0.996. The number of hydrogen-bond acceptors (Lipinski definition) is 4. The van der Waals surface area contributed by atoms with E-state index in [-0.39, 0.29) is 11.5 Å². The van der Waals surface area contributed by atoms with Gasteiger partial charge in [-0.15, -0.1) is 0 Å². The molecule has 1 aliphatic rings. The van der Waals surface area contributed by atoms with E-state index >= 15 is 0 Å². The lowest BCUT2D eigenvalue weighted by Gasteiger charge is -2.16. The molecule has 0 saturated heterocycles. The zero-order chi connectivity index (χ0) is 11.8. The van der Waals surface area contributed by atoms with Gasteiger partial charge < -0.3 is 0 Å². The van der Waals surface area contributed by atoms with Crippen molar-refractivity contribution in [3.63, 3.8) is 0 Å². The molecule has 5 heteroatoms. The standard InChI is InChI=1S/C11H11NO3S/c1-16(14,15)7-8-6-12-10-5-3-2-4-9(10)11(8)13/h2-6,8H,7H2,1H3. The molecule has 16 heavy (non-hydrogen) atoms. The molecule has 84 valence electrons. The third-order valence-corrected chi connectivity index (χ3v) is 3.35. The third kappa shape index (κ3) is 2.19. The molecule has 0 spiro atoms. The summed E-state index contributed by atoms with van der Waals surface area (Å²) in [6.45, 7) is 0. The zero-order valence-corrected chi connectivity index (χ0v) is 9.57. The van der Waals surface area contributed by atoms with Crippen LogP contribution in [0.25, 0.3) is 0 Å². The molecule has 1 unspecified atom stereocenters. The summed E-state index contributed by atoms with van der Waals surface area (Å²) in [6, 6.07) is 6.94. The molecule has 0 aromatic heterocycles. The smallest absolute Gasteiger partial charge is 0.174 e. The molecule has 0 saturated carbocycles. The molecule has 1 aromatic rings. The lowest BCUT2D eigenvalue weighted by atomic mass is 9.96. The topological polar surface area (TPSA) is 63.6 Å². The summed E-state index contributed by atoms with van der Waals surface area (Å²) in [7, 11) is -3.17. The number of aliphatic imine (C=N–C) groups is 1. The molecule has 4 nitrogen and oxygen atoms in total. The van der Waals surface area contributed by atoms with E-state index in [0.717, 1.165) is 6.26 Å². The molecule has 1 aliphatic heterocycles. The molecule has 1 heterocycles. The number of sulfone groups is 1. The number of ketones is 1. The van der Waals surface area contributed by atoms with E-state index in [1.807, 2.05) is 0 Å². The Morgan fingerprint density at radius 2 is 2.00 bits per heavy atom. The predicted molar refractivity (Wildman–Crippen MR) is 62.1 cm³/mol. The summed E-state index contributed by atoms with van der Waals surface area (Å²) in [6.07, 6.45) is 2.54. The van der Waals surface area contributed by atoms with E-state index in [1.54, 1.807) is 24.3 Å². The van der Waals surface area contributed by atoms with Gasteiger partial charge in [0.25, 0.3) is 0 Å². The largest absolute Gasteiger partial charge is 0.293 e. The Morgan fingerprint density at radius 3 is 2.69 bits per heavy atom. The van der Waals surface area contributed by atoms with Gasteiger partial charge in [-0.3, -0.25) is 9.79 Å². The van der Waals surface area contributed by atoms with Crippen LogP contribution in [0, 0.1) is 5.92 Å². The first-order valence-electron chi connectivity index (χ1n) is 4.82. The van der Waals surface area contributed by atoms with E-state index < -0.39 is 15.8 Å². The number of nitrogens with zero attached hydrogens (tertiary/aromatic N) is 1. The minimum atomic E-state index is -3.17. The highest BCUT2D eigenvalue weighted by molar-refractivity contribution is 7.90. The van der Waals surface area contributed by atoms with Crippen LogP contribution in [-0.4, -0.2) is 32.4 Å². The van der Waals surface area contributed by atoms with Crippen LogP contribution in [0.3, 0.4) is 0 Å². The summed E-state index contributed by atoms with van der Waals surface area (Å²) < 4.78 is 22.3. The maximum absolute atomic E-state index is 11.9. The number of para-hydroxylation sites is 1. The first kappa shape index (κ1) is 11.0. The first-order chi connectivity index (χ1) is 7.47. The number of benzene rings is 1. The lowest BCUT2D eigenvalue weighted by Crippen LogP contribution is -2.26. The van der Waals surface area contributed by atoms with Crippen molar-refractivity contribution in [3.05, 3.63) is 29.8 Å². The van der Waals surface area contributed by atoms with Crippen LogP contribution in [0.15, 0.2) is 29.3 Å². The van der Waals surface area contributed by atoms with Crippen LogP contribution < -0.4 is 0 Å². The van der Waals surface area contributed by atoms with Gasteiger partial charge in [-0.1, -0.05) is 12.1 Å². The zero-order valence-electron chi connectivity index (χ0n) is 8.75. The van der Waals surface area contributed by atoms with Crippen LogP contribution in [0.5, 0.6) is 0 Å². The van der Waals surface area contributed by atoms with E-state index in [1.165, 1.54) is 6.21 Å². The van der Waals surface area contributed by atoms with Crippen molar-refractivity contribution in [2.24, 2.45) is 10.9 Å². The van der Waals surface area contributed by atoms with Crippen molar-refractivity contribution >= 4 is 27.5 Å². The summed E-state index contributed by atoms with van der Waals surface area (Å²) in [5.41, 5.74) is 1.11. The Balaban J connectivity index is 2.35. The maximum atomic E-state index is 11.9. The highest BCUT2D eigenvalue weighted by Crippen LogP contribution is 2.26. The van der Waals surface area contributed by atoms with Gasteiger partial charge in [0.1, 0.15) is 9.84 Å². The maximum Gasteiger partial charge on any atom is 0.174 e. The fraction of sp³-hybridized carbons (Fsp3) is 0.273. The molecule has 0 amide bonds. The number of carbonyl (C=O) groups is 1. The predicted octanol–water partition coefficient (Wildman–Crippen LogP) is 1.25. The van der Waals surface area contributed by atoms with Crippen LogP contribution in [0.1, 0.15) is 10.4 Å². The monoisotopic (exact) mass is 237 g/mol. The lowest BCUT2D eigenvalue weighted by molar-refractivity contribution is 0.0963. The Hall–Kier alpha value is -1.49. The molecule has 0 N–H and O–H groups in total. The van der Waals surface area contributed by atoms with E-state index in [4.69, 9.17) is 0 Å². The minimum absolute atomic E-state index is 0.170. The number of hydrogen-bond donors (Lipinski definition) is 0. The molecule has 1 atom stereocenters. The Bertz CT molecular complexity index is 560. The van der Waals surface area contributed by atoms with Crippen LogP contribution in [0.2, 0.25) is 0 Å². The SMILES string of the molecule is CS(=O)(=O)CC1C=Nc2ccccc2C1=O. The van der Waals surface area contributed by atoms with Crippen molar-refractivity contribution in [2.45, 2.75) is 0 Å². The molecule has 0 bridgehead atoms. The van der Waals surface area contributed by atoms with Crippen molar-refractivity contribution < 1.29 is 13.2 Å². The highest BCUT2D eigenvalue weighted by atomic mass is 32.2. The van der Waals surface area contributed by atoms with Crippen LogP contribution >= 0.6 is 0 Å². The fourth-order valence-electron chi connectivity index (χ4n) is 1.68. The molecule has 1 aromatic carbocycles. The molecular formula is C11H11NO3S. The van der Waals surface area contributed by atoms with Crippen molar-refractivity contribution in [1.29, 1.82) is 0 Å². The summed E-state index contributed by atoms with van der Waals surface area (Å²) in [5, 5.41) is 0. The van der Waals surface area contributed by atoms with E-state index in [9.17, 15) is 13.2 Å². The van der Waals surface area contributed by atoms with Crippen molar-refractivity contribution in [3.8, 4) is 0 Å². The minimum Gasteiger partial charge on any atom is -0.293 e. The Kier molecular flexibility index (Phi) is 2.63. The quantitative estimate of drug-likeness (QED) is 0.777. The number of Topliss-reactive ketones (excluding diaryl/α,β-unsaturated/α-hetero) is 1. The second-order valence-corrected chi connectivity index (χ2v) is 6.04. The molecule has 0 aliphatic carbocycles. The van der Waals surface area contributed by atoms with Gasteiger partial charge in [0.05, 0.1) is 17.4 Å². The van der Waals surface area contributed by atoms with E-state index in [2.05, 4.69) is 4.99 Å². The van der Waals surface area contributed by atoms with E-state index in [0.29, 0.717) is 11.3 Å². The number of fused-ring (bicyclic) bond motifs is 1. The number of carbonyl (C=O) groups excluding carboxylic acids is 1. The second-order valence-electron chi connectivity index (χ2n) is 3.86. The van der Waals surface area contributed by atoms with Gasteiger partial charge in [0.15, 0.2) is 5.78 Å². The molecule has 0 radical (unpaired) electrons. The van der Waals surface area contributed by atoms with Gasteiger partial charge in [-0.2, -0.15) is 0 Å². The molecule has 2 rings (SSSR count). The normalized spacial score (nSPS) is 19.6. The number of rotatable bonds is 2. The summed E-state index contributed by atoms with van der Waals surface area (Å²) >= 11 is 0. The van der Waals surface area contributed by atoms with Gasteiger partial charge in [0, 0.05) is 18.0 Å². The van der Waals surface area contributed by atoms with Gasteiger partial charge in [-0.25, -0.2) is 8.42 Å². The van der Waals surface area contributed by atoms with Gasteiger partial charge in [0.2, 0.25) is 0 Å². The average Bonchev–Trinajstić information content (AvgIpc) is 2.21. The second kappa shape index (κ2) is 3.83.